The van der Waals surface area contributed by atoms with E-state index in [0.29, 0.717) is 5.92 Å². The monoisotopic (exact) mass is 410 g/mol. The van der Waals surface area contributed by atoms with Crippen LogP contribution in [0.3, 0.4) is 0 Å². The second kappa shape index (κ2) is 8.34. The van der Waals surface area contributed by atoms with Crippen LogP contribution in [0, 0.1) is 0 Å². The maximum atomic E-state index is 12.4. The molecule has 0 aromatic carbocycles. The second-order valence-electron chi connectivity index (χ2n) is 8.83. The van der Waals surface area contributed by atoms with Crippen molar-refractivity contribution in [1.82, 2.24) is 19.7 Å². The lowest BCUT2D eigenvalue weighted by Gasteiger charge is -2.37. The van der Waals surface area contributed by atoms with Gasteiger partial charge in [-0.25, -0.2) is 9.67 Å². The largest absolute Gasteiger partial charge is 0.391 e. The molecule has 0 bridgehead atoms. The number of anilines is 2. The number of rotatable bonds is 6. The van der Waals surface area contributed by atoms with Crippen molar-refractivity contribution in [1.29, 1.82) is 0 Å². The van der Waals surface area contributed by atoms with E-state index in [1.807, 2.05) is 6.07 Å². The fourth-order valence-electron chi connectivity index (χ4n) is 4.88. The summed E-state index contributed by atoms with van der Waals surface area (Å²) >= 11 is 0. The van der Waals surface area contributed by atoms with Gasteiger partial charge < -0.3 is 15.3 Å². The van der Waals surface area contributed by atoms with E-state index < -0.39 is 6.10 Å². The Morgan fingerprint density at radius 1 is 1.03 bits per heavy atom. The lowest BCUT2D eigenvalue weighted by atomic mass is 10.0. The number of nitrogens with one attached hydrogen (secondary N) is 1. The van der Waals surface area contributed by atoms with E-state index in [4.69, 9.17) is 5.10 Å². The standard InChI is InChI=1S/C22H30N6O2/c29-18-6-3-5-17(18)28-20(30)10-9-19(26-28)27-13-2-1-4-16(27)14-25-22-21(15-7-8-15)23-11-12-24-22/h9-12,15-18,29H,1-8,13-14H2,(H,24,25). The first kappa shape index (κ1) is 19.5. The van der Waals surface area contributed by atoms with Crippen LogP contribution in [0.4, 0.5) is 11.6 Å². The number of piperidine rings is 1. The maximum Gasteiger partial charge on any atom is 0.267 e. The quantitative estimate of drug-likeness (QED) is 0.755. The number of aliphatic hydroxyl groups excluding tert-OH is 1. The van der Waals surface area contributed by atoms with Gasteiger partial charge in [-0.05, 0) is 57.4 Å². The predicted molar refractivity (Wildman–Crippen MR) is 115 cm³/mol. The first-order chi connectivity index (χ1) is 14.7. The number of hydrogen-bond acceptors (Lipinski definition) is 7. The average molecular weight is 411 g/mol. The van der Waals surface area contributed by atoms with Gasteiger partial charge in [-0.2, -0.15) is 5.10 Å². The fourth-order valence-corrected chi connectivity index (χ4v) is 4.88. The van der Waals surface area contributed by atoms with Gasteiger partial charge >= 0.3 is 0 Å². The van der Waals surface area contributed by atoms with Crippen molar-refractivity contribution in [2.24, 2.45) is 0 Å². The lowest BCUT2D eigenvalue weighted by Crippen LogP contribution is -2.45. The zero-order valence-corrected chi connectivity index (χ0v) is 17.3. The molecule has 2 saturated carbocycles. The Hall–Kier alpha value is -2.48. The van der Waals surface area contributed by atoms with E-state index in [1.54, 1.807) is 18.5 Å². The van der Waals surface area contributed by atoms with Crippen LogP contribution in [0.25, 0.3) is 0 Å². The first-order valence-electron chi connectivity index (χ1n) is 11.3. The summed E-state index contributed by atoms with van der Waals surface area (Å²) < 4.78 is 1.51. The van der Waals surface area contributed by atoms with Gasteiger partial charge in [0, 0.05) is 43.5 Å². The zero-order chi connectivity index (χ0) is 20.5. The molecule has 2 aromatic heterocycles. The van der Waals surface area contributed by atoms with Crippen LogP contribution in [0.1, 0.15) is 69.0 Å². The summed E-state index contributed by atoms with van der Waals surface area (Å²) in [6.07, 6.45) is 11.3. The van der Waals surface area contributed by atoms with Gasteiger partial charge in [0.2, 0.25) is 0 Å². The average Bonchev–Trinajstić information content (AvgIpc) is 3.54. The maximum absolute atomic E-state index is 12.4. The summed E-state index contributed by atoms with van der Waals surface area (Å²) in [4.78, 5) is 23.8. The number of hydrogen-bond donors (Lipinski definition) is 2. The molecule has 1 saturated heterocycles. The molecule has 3 aliphatic rings. The smallest absolute Gasteiger partial charge is 0.267 e. The molecule has 8 heteroatoms. The minimum absolute atomic E-state index is 0.134. The van der Waals surface area contributed by atoms with Crippen molar-refractivity contribution >= 4 is 11.6 Å². The molecule has 0 spiro atoms. The lowest BCUT2D eigenvalue weighted by molar-refractivity contribution is 0.127. The van der Waals surface area contributed by atoms with Gasteiger partial charge in [0.25, 0.3) is 5.56 Å². The third kappa shape index (κ3) is 3.93. The molecule has 160 valence electrons. The molecule has 5 rings (SSSR count). The molecule has 2 aromatic rings. The van der Waals surface area contributed by atoms with Crippen molar-refractivity contribution in [2.75, 3.05) is 23.3 Å². The van der Waals surface area contributed by atoms with Crippen LogP contribution in [0.2, 0.25) is 0 Å². The molecule has 30 heavy (non-hydrogen) atoms. The summed E-state index contributed by atoms with van der Waals surface area (Å²) in [6.45, 7) is 1.69. The van der Waals surface area contributed by atoms with Gasteiger partial charge in [-0.15, -0.1) is 0 Å². The third-order valence-corrected chi connectivity index (χ3v) is 6.69. The summed E-state index contributed by atoms with van der Waals surface area (Å²) in [5.41, 5.74) is 0.951. The summed E-state index contributed by atoms with van der Waals surface area (Å²) in [5.74, 6) is 2.27. The van der Waals surface area contributed by atoms with Gasteiger partial charge in [0.05, 0.1) is 17.8 Å². The minimum atomic E-state index is -0.484. The van der Waals surface area contributed by atoms with Crippen LogP contribution in [0.5, 0.6) is 0 Å². The molecule has 3 fully saturated rings. The van der Waals surface area contributed by atoms with Crippen LogP contribution in [-0.4, -0.2) is 50.1 Å². The SMILES string of the molecule is O=c1ccc(N2CCCCC2CNc2nccnc2C2CC2)nn1C1CCCC1O. The molecule has 0 radical (unpaired) electrons. The Balaban J connectivity index is 1.35. The molecule has 8 nitrogen and oxygen atoms in total. The second-order valence-corrected chi connectivity index (χ2v) is 8.83. The highest BCUT2D eigenvalue weighted by Crippen LogP contribution is 2.41. The Labute approximate surface area is 176 Å². The highest BCUT2D eigenvalue weighted by Gasteiger charge is 2.31. The van der Waals surface area contributed by atoms with Crippen LogP contribution >= 0.6 is 0 Å². The van der Waals surface area contributed by atoms with Gasteiger partial charge in [0.1, 0.15) is 11.6 Å². The highest BCUT2D eigenvalue weighted by atomic mass is 16.3. The van der Waals surface area contributed by atoms with E-state index in [2.05, 4.69) is 20.2 Å². The number of aliphatic hydroxyl groups is 1. The molecular weight excluding hydrogens is 380 g/mol. The van der Waals surface area contributed by atoms with Gasteiger partial charge in [0.15, 0.2) is 0 Å². The fraction of sp³-hybridized carbons (Fsp3) is 0.636. The Bertz CT molecular complexity index is 943. The molecule has 3 atom stereocenters. The topological polar surface area (TPSA) is 96.2 Å². The summed E-state index contributed by atoms with van der Waals surface area (Å²) in [7, 11) is 0. The van der Waals surface area contributed by atoms with E-state index >= 15 is 0 Å². The Morgan fingerprint density at radius 2 is 1.90 bits per heavy atom. The van der Waals surface area contributed by atoms with Crippen molar-refractivity contribution in [3.63, 3.8) is 0 Å². The number of nitrogens with zero attached hydrogens (tertiary/aromatic N) is 5. The van der Waals surface area contributed by atoms with Crippen LogP contribution in [-0.2, 0) is 0 Å². The Morgan fingerprint density at radius 3 is 2.70 bits per heavy atom. The summed E-state index contributed by atoms with van der Waals surface area (Å²) in [6, 6.07) is 3.50. The predicted octanol–water partition coefficient (Wildman–Crippen LogP) is 2.47. The third-order valence-electron chi connectivity index (χ3n) is 6.69. The Kier molecular flexibility index (Phi) is 5.41. The molecule has 3 unspecified atom stereocenters. The molecule has 2 N–H and O–H groups in total. The zero-order valence-electron chi connectivity index (χ0n) is 17.3. The van der Waals surface area contributed by atoms with Crippen molar-refractivity contribution in [2.45, 2.75) is 75.5 Å². The molecule has 1 aliphatic heterocycles. The highest BCUT2D eigenvalue weighted by molar-refractivity contribution is 5.45. The van der Waals surface area contributed by atoms with Crippen LogP contribution in [0.15, 0.2) is 29.3 Å². The van der Waals surface area contributed by atoms with E-state index in [0.717, 1.165) is 62.5 Å². The first-order valence-corrected chi connectivity index (χ1v) is 11.3. The minimum Gasteiger partial charge on any atom is -0.391 e. The van der Waals surface area contributed by atoms with E-state index in [9.17, 15) is 9.90 Å². The molecule has 3 heterocycles. The van der Waals surface area contributed by atoms with Crippen molar-refractivity contribution in [3.8, 4) is 0 Å². The number of aromatic nitrogens is 4. The van der Waals surface area contributed by atoms with Crippen molar-refractivity contribution in [3.05, 3.63) is 40.6 Å². The van der Waals surface area contributed by atoms with E-state index in [-0.39, 0.29) is 17.6 Å². The normalized spacial score (nSPS) is 26.7. The van der Waals surface area contributed by atoms with Gasteiger partial charge in [-0.1, -0.05) is 0 Å². The van der Waals surface area contributed by atoms with Crippen LogP contribution < -0.4 is 15.8 Å². The molecule has 2 aliphatic carbocycles. The van der Waals surface area contributed by atoms with Crippen molar-refractivity contribution < 1.29 is 5.11 Å². The molecule has 0 amide bonds. The van der Waals surface area contributed by atoms with Gasteiger partial charge in [-0.3, -0.25) is 9.78 Å². The molecular formula is C22H30N6O2. The van der Waals surface area contributed by atoms with E-state index in [1.165, 1.54) is 23.9 Å². The summed E-state index contributed by atoms with van der Waals surface area (Å²) in [5, 5.41) is 18.5.